The number of amides is 1. The predicted molar refractivity (Wildman–Crippen MR) is 95.8 cm³/mol. The second-order valence-electron chi connectivity index (χ2n) is 5.38. The van der Waals surface area contributed by atoms with Crippen LogP contribution in [0, 0.1) is 0 Å². The van der Waals surface area contributed by atoms with Crippen molar-refractivity contribution < 1.29 is 19.1 Å². The fourth-order valence-electron chi connectivity index (χ4n) is 2.19. The highest BCUT2D eigenvalue weighted by atomic mass is 35.5. The third-order valence-electron chi connectivity index (χ3n) is 3.44. The maximum Gasteiger partial charge on any atom is 0.325 e. The van der Waals surface area contributed by atoms with Crippen molar-refractivity contribution in [1.29, 1.82) is 0 Å². The van der Waals surface area contributed by atoms with E-state index in [9.17, 15) is 9.59 Å². The van der Waals surface area contributed by atoms with Crippen LogP contribution in [0.1, 0.15) is 22.8 Å². The van der Waals surface area contributed by atoms with Crippen LogP contribution in [0.2, 0.25) is 5.02 Å². The fourth-order valence-corrected chi connectivity index (χ4v) is 2.31. The van der Waals surface area contributed by atoms with Gasteiger partial charge in [0.05, 0.1) is 12.2 Å². The molecule has 132 valence electrons. The van der Waals surface area contributed by atoms with E-state index in [1.54, 1.807) is 50.4 Å². The lowest BCUT2D eigenvalue weighted by molar-refractivity contribution is -0.143. The second kappa shape index (κ2) is 9.08. The Kier molecular flexibility index (Phi) is 6.83. The first-order chi connectivity index (χ1) is 12.0. The number of para-hydroxylation sites is 1. The highest BCUT2D eigenvalue weighted by Gasteiger charge is 2.19. The van der Waals surface area contributed by atoms with E-state index in [0.717, 1.165) is 5.56 Å². The van der Waals surface area contributed by atoms with Gasteiger partial charge >= 0.3 is 5.97 Å². The van der Waals surface area contributed by atoms with E-state index in [4.69, 9.17) is 21.1 Å². The van der Waals surface area contributed by atoms with Crippen LogP contribution >= 0.6 is 11.6 Å². The molecule has 5 nitrogen and oxygen atoms in total. The first-order valence-electron chi connectivity index (χ1n) is 7.88. The smallest absolute Gasteiger partial charge is 0.325 e. The van der Waals surface area contributed by atoms with Gasteiger partial charge in [0.15, 0.2) is 0 Å². The Morgan fingerprint density at radius 1 is 1.08 bits per heavy atom. The molecule has 0 atom stereocenters. The molecule has 0 N–H and O–H groups in total. The zero-order valence-corrected chi connectivity index (χ0v) is 15.0. The lowest BCUT2D eigenvalue weighted by atomic mass is 10.1. The van der Waals surface area contributed by atoms with Gasteiger partial charge in [0.2, 0.25) is 0 Å². The molecule has 0 heterocycles. The van der Waals surface area contributed by atoms with E-state index in [-0.39, 0.29) is 19.1 Å². The van der Waals surface area contributed by atoms with Crippen molar-refractivity contribution in [1.82, 2.24) is 4.90 Å². The van der Waals surface area contributed by atoms with Gasteiger partial charge in [-0.2, -0.15) is 0 Å². The minimum absolute atomic E-state index is 0.113. The molecule has 0 bridgehead atoms. The number of esters is 1. The van der Waals surface area contributed by atoms with Gasteiger partial charge in [-0.05, 0) is 36.8 Å². The highest BCUT2D eigenvalue weighted by molar-refractivity contribution is 6.30. The lowest BCUT2D eigenvalue weighted by Gasteiger charge is -2.18. The number of benzene rings is 2. The van der Waals surface area contributed by atoms with Gasteiger partial charge in [-0.1, -0.05) is 35.9 Å². The fraction of sp³-hybridized carbons (Fsp3) is 0.263. The minimum atomic E-state index is -0.446. The van der Waals surface area contributed by atoms with Crippen LogP contribution in [0.15, 0.2) is 48.5 Å². The summed E-state index contributed by atoms with van der Waals surface area (Å²) in [5.74, 6) is -0.296. The van der Waals surface area contributed by atoms with Crippen molar-refractivity contribution in [2.45, 2.75) is 13.5 Å². The Labute approximate surface area is 152 Å². The first kappa shape index (κ1) is 18.8. The molecule has 0 radical (unpaired) electrons. The number of rotatable bonds is 7. The molecule has 1 amide bonds. The average molecular weight is 362 g/mol. The number of halogens is 1. The van der Waals surface area contributed by atoms with E-state index in [2.05, 4.69) is 0 Å². The van der Waals surface area contributed by atoms with E-state index in [1.807, 2.05) is 12.1 Å². The van der Waals surface area contributed by atoms with Gasteiger partial charge < -0.3 is 14.4 Å². The summed E-state index contributed by atoms with van der Waals surface area (Å²) in [7, 11) is 1.55. The zero-order chi connectivity index (χ0) is 18.2. The Morgan fingerprint density at radius 3 is 2.44 bits per heavy atom. The molecule has 0 saturated carbocycles. The number of hydrogen-bond acceptors (Lipinski definition) is 4. The summed E-state index contributed by atoms with van der Waals surface area (Å²) in [5, 5.41) is 0.653. The number of likely N-dealkylation sites (N-methyl/N-ethyl adjacent to an activating group) is 1. The molecule has 0 aliphatic carbocycles. The zero-order valence-electron chi connectivity index (χ0n) is 14.2. The van der Waals surface area contributed by atoms with Crippen LogP contribution in [-0.2, 0) is 16.1 Å². The first-order valence-corrected chi connectivity index (χ1v) is 8.26. The van der Waals surface area contributed by atoms with Crippen LogP contribution in [0.5, 0.6) is 5.75 Å². The van der Waals surface area contributed by atoms with Gasteiger partial charge in [0, 0.05) is 12.1 Å². The topological polar surface area (TPSA) is 55.8 Å². The van der Waals surface area contributed by atoms with Crippen LogP contribution < -0.4 is 4.74 Å². The van der Waals surface area contributed by atoms with Crippen LogP contribution in [0.3, 0.4) is 0 Å². The van der Waals surface area contributed by atoms with Gasteiger partial charge in [-0.15, -0.1) is 0 Å². The Bertz CT molecular complexity index is 730. The predicted octanol–water partition coefficient (Wildman–Crippen LogP) is 3.55. The summed E-state index contributed by atoms with van der Waals surface area (Å²) in [6.07, 6.45) is 0. The molecule has 0 aliphatic rings. The van der Waals surface area contributed by atoms with Crippen LogP contribution in [-0.4, -0.2) is 37.0 Å². The van der Waals surface area contributed by atoms with E-state index in [0.29, 0.717) is 22.9 Å². The molecule has 0 aliphatic heterocycles. The molecule has 0 aromatic heterocycles. The van der Waals surface area contributed by atoms with Crippen LogP contribution in [0.25, 0.3) is 0 Å². The molecule has 6 heteroatoms. The standard InChI is InChI=1S/C19H20ClNO4/c1-3-24-18(22)12-21(2)19(23)16-6-4-5-7-17(16)25-13-14-8-10-15(20)11-9-14/h4-11H,3,12-13H2,1-2H3. The van der Waals surface area contributed by atoms with Crippen molar-refractivity contribution in [3.63, 3.8) is 0 Å². The quantitative estimate of drug-likeness (QED) is 0.708. The van der Waals surface area contributed by atoms with Crippen molar-refractivity contribution in [3.8, 4) is 5.75 Å². The molecule has 2 aromatic carbocycles. The summed E-state index contributed by atoms with van der Waals surface area (Å²) in [5.41, 5.74) is 1.33. The number of carbonyl (C=O) groups excluding carboxylic acids is 2. The molecular formula is C19H20ClNO4. The number of nitrogens with zero attached hydrogens (tertiary/aromatic N) is 1. The largest absolute Gasteiger partial charge is 0.488 e. The van der Waals surface area contributed by atoms with Crippen LogP contribution in [0.4, 0.5) is 0 Å². The summed E-state index contributed by atoms with van der Waals surface area (Å²) < 4.78 is 10.6. The Morgan fingerprint density at radius 2 is 1.76 bits per heavy atom. The third kappa shape index (κ3) is 5.50. The molecule has 0 fully saturated rings. The van der Waals surface area contributed by atoms with Crippen molar-refractivity contribution in [2.75, 3.05) is 20.2 Å². The number of hydrogen-bond donors (Lipinski definition) is 0. The van der Waals surface area contributed by atoms with E-state index in [1.165, 1.54) is 4.90 Å². The number of ether oxygens (including phenoxy) is 2. The third-order valence-corrected chi connectivity index (χ3v) is 3.70. The van der Waals surface area contributed by atoms with E-state index < -0.39 is 5.97 Å². The molecule has 2 rings (SSSR count). The highest BCUT2D eigenvalue weighted by Crippen LogP contribution is 2.21. The van der Waals surface area contributed by atoms with Gasteiger partial charge in [0.25, 0.3) is 5.91 Å². The lowest BCUT2D eigenvalue weighted by Crippen LogP contribution is -2.33. The van der Waals surface area contributed by atoms with E-state index >= 15 is 0 Å². The average Bonchev–Trinajstić information content (AvgIpc) is 2.61. The molecule has 0 unspecified atom stereocenters. The molecule has 2 aromatic rings. The maximum atomic E-state index is 12.6. The van der Waals surface area contributed by atoms with Gasteiger partial charge in [0.1, 0.15) is 18.9 Å². The normalized spacial score (nSPS) is 10.2. The SMILES string of the molecule is CCOC(=O)CN(C)C(=O)c1ccccc1OCc1ccc(Cl)cc1. The minimum Gasteiger partial charge on any atom is -0.488 e. The maximum absolute atomic E-state index is 12.6. The van der Waals surface area contributed by atoms with Crippen molar-refractivity contribution >= 4 is 23.5 Å². The number of carbonyl (C=O) groups is 2. The summed E-state index contributed by atoms with van der Waals surface area (Å²) in [6.45, 7) is 2.20. The Hall–Kier alpha value is -2.53. The molecule has 0 saturated heterocycles. The summed E-state index contributed by atoms with van der Waals surface area (Å²) in [6, 6.07) is 14.2. The second-order valence-corrected chi connectivity index (χ2v) is 5.81. The summed E-state index contributed by atoms with van der Waals surface area (Å²) >= 11 is 5.87. The van der Waals surface area contributed by atoms with Crippen molar-refractivity contribution in [2.24, 2.45) is 0 Å². The monoisotopic (exact) mass is 361 g/mol. The molecule has 0 spiro atoms. The molecule has 25 heavy (non-hydrogen) atoms. The van der Waals surface area contributed by atoms with Gasteiger partial charge in [-0.25, -0.2) is 0 Å². The van der Waals surface area contributed by atoms with Crippen molar-refractivity contribution in [3.05, 3.63) is 64.7 Å². The van der Waals surface area contributed by atoms with Gasteiger partial charge in [-0.3, -0.25) is 9.59 Å². The Balaban J connectivity index is 2.07. The molecular weight excluding hydrogens is 342 g/mol. The summed E-state index contributed by atoms with van der Waals surface area (Å²) in [4.78, 5) is 25.4.